The van der Waals surface area contributed by atoms with Gasteiger partial charge in [-0.1, -0.05) is 328 Å². The molecule has 532 valence electrons. The highest BCUT2D eigenvalue weighted by Gasteiger charge is 2.53. The number of nitrogens with zero attached hydrogens (tertiary/aromatic N) is 2. The van der Waals surface area contributed by atoms with Crippen LogP contribution >= 0.6 is 22.7 Å². The number of anilines is 6. The summed E-state index contributed by atoms with van der Waals surface area (Å²) in [4.78, 5) is 4.88. The molecular weight excluding hydrogens is 1410 g/mol. The molecule has 0 radical (unpaired) electrons. The van der Waals surface area contributed by atoms with E-state index in [1.165, 1.54) is 174 Å². The number of thiophene rings is 2. The van der Waals surface area contributed by atoms with Gasteiger partial charge in [-0.3, -0.25) is 0 Å². The van der Waals surface area contributed by atoms with Crippen molar-refractivity contribution < 1.29 is 0 Å². The highest BCUT2D eigenvalue weighted by atomic mass is 32.1. The Hall–Kier alpha value is -14.0. The summed E-state index contributed by atoms with van der Waals surface area (Å²) in [6.07, 6.45) is 0. The van der Waals surface area contributed by atoms with Crippen LogP contribution in [0.4, 0.5) is 34.1 Å². The zero-order valence-electron chi connectivity index (χ0n) is 62.1. The van der Waals surface area contributed by atoms with Gasteiger partial charge in [-0.15, -0.1) is 22.7 Å². The van der Waals surface area contributed by atoms with E-state index in [-0.39, 0.29) is 0 Å². The number of hydrogen-bond donors (Lipinski definition) is 0. The third-order valence-corrected chi connectivity index (χ3v) is 26.9. The maximum atomic E-state index is 2.48. The molecule has 20 aromatic rings. The minimum Gasteiger partial charge on any atom is -0.310 e. The fourth-order valence-electron chi connectivity index (χ4n) is 19.7. The van der Waals surface area contributed by atoms with Crippen LogP contribution in [-0.2, 0) is 10.8 Å². The van der Waals surface area contributed by atoms with E-state index in [9.17, 15) is 0 Å². The Morgan fingerprint density at radius 3 is 0.912 bits per heavy atom. The van der Waals surface area contributed by atoms with Crippen molar-refractivity contribution >= 4 is 97.1 Å². The van der Waals surface area contributed by atoms with Crippen LogP contribution in [0.25, 0.3) is 129 Å². The highest BCUT2D eigenvalue weighted by Crippen LogP contribution is 2.66. The Labute approximate surface area is 671 Å². The second-order valence-electron chi connectivity index (χ2n) is 30.4. The van der Waals surface area contributed by atoms with Crippen molar-refractivity contribution in [1.82, 2.24) is 0 Å². The van der Waals surface area contributed by atoms with Crippen molar-refractivity contribution in [3.05, 3.63) is 469 Å². The molecule has 2 spiro atoms. The Bertz CT molecular complexity index is 7110. The van der Waals surface area contributed by atoms with Crippen LogP contribution < -0.4 is 9.80 Å². The third-order valence-electron chi connectivity index (χ3n) is 24.6. The molecule has 0 unspecified atom stereocenters. The van der Waals surface area contributed by atoms with Crippen molar-refractivity contribution in [2.75, 3.05) is 9.80 Å². The third kappa shape index (κ3) is 10.0. The number of hydrogen-bond acceptors (Lipinski definition) is 4. The van der Waals surface area contributed by atoms with Gasteiger partial charge < -0.3 is 9.80 Å². The lowest BCUT2D eigenvalue weighted by molar-refractivity contribution is 0.793. The average Bonchev–Trinajstić information content (AvgIpc) is 1.51. The Morgan fingerprint density at radius 1 is 0.158 bits per heavy atom. The van der Waals surface area contributed by atoms with Gasteiger partial charge >= 0.3 is 0 Å². The molecule has 2 nitrogen and oxygen atoms in total. The first kappa shape index (κ1) is 65.8. The molecule has 2 aromatic heterocycles. The molecule has 4 heteroatoms. The molecule has 0 bridgehead atoms. The molecule has 4 aliphatic rings. The molecule has 24 rings (SSSR count). The second-order valence-corrected chi connectivity index (χ2v) is 32.6. The summed E-state index contributed by atoms with van der Waals surface area (Å²) >= 11 is 3.75. The van der Waals surface area contributed by atoms with E-state index in [2.05, 4.69) is 434 Å². The Kier molecular flexibility index (Phi) is 15.2. The highest BCUT2D eigenvalue weighted by molar-refractivity contribution is 7.26. The average molecular weight is 1480 g/mol. The molecule has 0 saturated carbocycles. The Balaban J connectivity index is 0.000000135. The monoisotopic (exact) mass is 1480 g/mol. The van der Waals surface area contributed by atoms with Crippen LogP contribution in [0, 0.1) is 0 Å². The van der Waals surface area contributed by atoms with Gasteiger partial charge in [0.15, 0.2) is 0 Å². The largest absolute Gasteiger partial charge is 0.310 e. The van der Waals surface area contributed by atoms with Crippen LogP contribution in [0.3, 0.4) is 0 Å². The van der Waals surface area contributed by atoms with Crippen LogP contribution in [0.5, 0.6) is 0 Å². The van der Waals surface area contributed by atoms with E-state index < -0.39 is 10.8 Å². The van der Waals surface area contributed by atoms with Gasteiger partial charge in [-0.2, -0.15) is 0 Å². The van der Waals surface area contributed by atoms with Gasteiger partial charge in [0.05, 0.1) is 10.8 Å². The summed E-state index contributed by atoms with van der Waals surface area (Å²) in [5.41, 5.74) is 36.9. The van der Waals surface area contributed by atoms with E-state index in [1.807, 2.05) is 22.7 Å². The molecule has 0 saturated heterocycles. The molecule has 0 N–H and O–H groups in total. The second kappa shape index (κ2) is 26.3. The molecular formula is C110H70N2S2. The van der Waals surface area contributed by atoms with Crippen LogP contribution in [0.15, 0.2) is 425 Å². The first-order valence-corrected chi connectivity index (χ1v) is 41.0. The SMILES string of the molecule is c1ccc(-c2cccc(N(c3ccc(-c4ccc5sc6ccccc6c5c4)cc3)c3ccc4c(c3)C3(c5ccccc5-c5ccccc53)c3ccccc3-4)c2)cc1.c1ccc(-c2cccc(N(c3ccc(-c4cccc5c4sc4ccccc45)cc3)c3ccc4c(c3)C3(c5ccccc5-c5ccccc53)c3ccccc3-4)c2)cc1. The van der Waals surface area contributed by atoms with Crippen LogP contribution in [0.1, 0.15) is 44.5 Å². The summed E-state index contributed by atoms with van der Waals surface area (Å²) in [6, 6.07) is 157. The number of rotatable bonds is 10. The quantitative estimate of drug-likeness (QED) is 0.135. The predicted molar refractivity (Wildman–Crippen MR) is 482 cm³/mol. The summed E-state index contributed by atoms with van der Waals surface area (Å²) in [6.45, 7) is 0. The normalized spacial score (nSPS) is 13.1. The fraction of sp³-hybridized carbons (Fsp3) is 0.0182. The van der Waals surface area contributed by atoms with E-state index in [4.69, 9.17) is 0 Å². The van der Waals surface area contributed by atoms with Crippen molar-refractivity contribution in [1.29, 1.82) is 0 Å². The number of fused-ring (bicyclic) bond motifs is 26. The number of benzene rings is 18. The van der Waals surface area contributed by atoms with Gasteiger partial charge in [0.2, 0.25) is 0 Å². The topological polar surface area (TPSA) is 6.48 Å². The molecule has 114 heavy (non-hydrogen) atoms. The van der Waals surface area contributed by atoms with Crippen molar-refractivity contribution in [2.45, 2.75) is 10.8 Å². The van der Waals surface area contributed by atoms with Crippen molar-refractivity contribution in [2.24, 2.45) is 0 Å². The maximum Gasteiger partial charge on any atom is 0.0726 e. The molecule has 18 aromatic carbocycles. The minimum atomic E-state index is -0.417. The molecule has 0 aliphatic heterocycles. The zero-order valence-corrected chi connectivity index (χ0v) is 63.8. The van der Waals surface area contributed by atoms with Gasteiger partial charge in [0.1, 0.15) is 0 Å². The lowest BCUT2D eigenvalue weighted by Crippen LogP contribution is -2.26. The lowest BCUT2D eigenvalue weighted by atomic mass is 9.70. The first-order valence-electron chi connectivity index (χ1n) is 39.3. The molecule has 0 fully saturated rings. The summed E-state index contributed by atoms with van der Waals surface area (Å²) < 4.78 is 5.31. The lowest BCUT2D eigenvalue weighted by Gasteiger charge is -2.32. The van der Waals surface area contributed by atoms with Crippen molar-refractivity contribution in [3.63, 3.8) is 0 Å². The van der Waals surface area contributed by atoms with Gasteiger partial charge in [-0.05, 0) is 231 Å². The first-order chi connectivity index (χ1) is 56.5. The van der Waals surface area contributed by atoms with E-state index >= 15 is 0 Å². The smallest absolute Gasteiger partial charge is 0.0726 e. The molecule has 4 aliphatic carbocycles. The summed E-state index contributed by atoms with van der Waals surface area (Å²) in [5.74, 6) is 0. The molecule has 2 heterocycles. The summed E-state index contributed by atoms with van der Waals surface area (Å²) in [5, 5.41) is 5.29. The molecule has 0 atom stereocenters. The summed E-state index contributed by atoms with van der Waals surface area (Å²) in [7, 11) is 0. The fourth-order valence-corrected chi connectivity index (χ4v) is 22.0. The van der Waals surface area contributed by atoms with E-state index in [1.54, 1.807) is 0 Å². The van der Waals surface area contributed by atoms with Gasteiger partial charge in [0, 0.05) is 74.5 Å². The Morgan fingerprint density at radius 2 is 0.456 bits per heavy atom. The van der Waals surface area contributed by atoms with Crippen LogP contribution in [-0.4, -0.2) is 0 Å². The van der Waals surface area contributed by atoms with Gasteiger partial charge in [0.25, 0.3) is 0 Å². The van der Waals surface area contributed by atoms with Crippen LogP contribution in [0.2, 0.25) is 0 Å². The van der Waals surface area contributed by atoms with Gasteiger partial charge in [-0.25, -0.2) is 0 Å². The van der Waals surface area contributed by atoms with E-state index in [0.717, 1.165) is 34.1 Å². The predicted octanol–water partition coefficient (Wildman–Crippen LogP) is 30.4. The van der Waals surface area contributed by atoms with E-state index in [0.29, 0.717) is 0 Å². The maximum absolute atomic E-state index is 2.48. The standard InChI is InChI=1S/2C55H35NS/c1-2-14-36(15-3-1)38-16-12-17-40(34-38)56(39-30-28-37(29-31-39)42-22-13-23-48-47-21-7-11-27-53(47)57-54(42)48)41-32-33-46-45-20-6-10-26-51(45)55(52(46)35-41)49-24-8-4-18-43(49)44-19-5-9-25-50(44)55;1-2-13-36(14-3-1)38-15-12-16-41(33-38)56(40-28-25-37(26-29-40)39-27-32-54-48(34-39)47-20-7-11-24-53(47)57-54)42-30-31-46-45-19-6-10-23-51(45)55(52(46)35-42)49-21-8-4-17-43(49)44-18-5-9-22-50(44)55/h2*1-35H. The van der Waals surface area contributed by atoms with Crippen molar-refractivity contribution in [3.8, 4) is 89.0 Å². The molecule has 0 amide bonds. The minimum absolute atomic E-state index is 0.416. The zero-order chi connectivity index (χ0) is 75.0.